The predicted octanol–water partition coefficient (Wildman–Crippen LogP) is 1.96. The highest BCUT2D eigenvalue weighted by molar-refractivity contribution is 14.1. The second kappa shape index (κ2) is 4.88. The van der Waals surface area contributed by atoms with Gasteiger partial charge in [0.25, 0.3) is 0 Å². The molecule has 0 spiro atoms. The van der Waals surface area contributed by atoms with Crippen molar-refractivity contribution in [3.05, 3.63) is 29.1 Å². The van der Waals surface area contributed by atoms with Gasteiger partial charge in [-0.3, -0.25) is 4.98 Å². The number of methoxy groups -OCH3 is 1. The molecule has 72 valence electrons. The first-order chi connectivity index (χ1) is 6.19. The topological polar surface area (TPSA) is 42.4 Å². The Balaban J connectivity index is 3.05. The number of alkyl halides is 1. The van der Waals surface area contributed by atoms with Gasteiger partial charge in [-0.1, -0.05) is 28.7 Å². The molecular formula is C9H12INO2. The van der Waals surface area contributed by atoms with Crippen LogP contribution in [0.25, 0.3) is 0 Å². The molecule has 0 aliphatic rings. The highest BCUT2D eigenvalue weighted by Gasteiger charge is 2.11. The van der Waals surface area contributed by atoms with Crippen LogP contribution in [-0.4, -0.2) is 17.2 Å². The van der Waals surface area contributed by atoms with Crippen LogP contribution in [0.4, 0.5) is 0 Å². The van der Waals surface area contributed by atoms with Gasteiger partial charge >= 0.3 is 0 Å². The van der Waals surface area contributed by atoms with Crippen molar-refractivity contribution in [2.24, 2.45) is 0 Å². The van der Waals surface area contributed by atoms with E-state index >= 15 is 0 Å². The summed E-state index contributed by atoms with van der Waals surface area (Å²) in [5.74, 6) is 0. The van der Waals surface area contributed by atoms with Gasteiger partial charge in [-0.2, -0.15) is 0 Å². The molecule has 0 saturated carbocycles. The number of aliphatic hydroxyl groups is 1. The van der Waals surface area contributed by atoms with Crippen molar-refractivity contribution in [3.8, 4) is 0 Å². The van der Waals surface area contributed by atoms with Crippen molar-refractivity contribution >= 4 is 22.6 Å². The average Bonchev–Trinajstić information content (AvgIpc) is 2.16. The number of rotatable bonds is 3. The summed E-state index contributed by atoms with van der Waals surface area (Å²) in [6.45, 7) is 1.93. The highest BCUT2D eigenvalue weighted by Crippen LogP contribution is 2.19. The van der Waals surface area contributed by atoms with E-state index in [4.69, 9.17) is 4.74 Å². The minimum atomic E-state index is -0.863. The van der Waals surface area contributed by atoms with Crippen molar-refractivity contribution in [3.63, 3.8) is 0 Å². The summed E-state index contributed by atoms with van der Waals surface area (Å²) >= 11 is 2.22. The number of pyridine rings is 1. The number of ether oxygens (including phenoxy) is 1. The van der Waals surface area contributed by atoms with Gasteiger partial charge in [0.1, 0.15) is 0 Å². The summed E-state index contributed by atoms with van der Waals surface area (Å²) in [4.78, 5) is 4.31. The lowest BCUT2D eigenvalue weighted by Crippen LogP contribution is -2.05. The molecule has 1 aromatic heterocycles. The minimum Gasteiger partial charge on any atom is -0.364 e. The predicted molar refractivity (Wildman–Crippen MR) is 58.7 cm³/mol. The molecule has 0 saturated heterocycles. The molecule has 0 aromatic carbocycles. The summed E-state index contributed by atoms with van der Waals surface area (Å²) in [6.07, 6.45) is -0.863. The zero-order valence-corrected chi connectivity index (χ0v) is 9.78. The fourth-order valence-corrected chi connectivity index (χ4v) is 1.69. The number of nitrogens with zero attached hydrogens (tertiary/aromatic N) is 1. The quantitative estimate of drug-likeness (QED) is 0.526. The number of hydrogen-bond donors (Lipinski definition) is 1. The highest BCUT2D eigenvalue weighted by atomic mass is 127. The van der Waals surface area contributed by atoms with Crippen LogP contribution in [0.1, 0.15) is 23.2 Å². The zero-order chi connectivity index (χ0) is 9.84. The summed E-state index contributed by atoms with van der Waals surface area (Å²) in [6, 6.07) is 3.72. The van der Waals surface area contributed by atoms with E-state index in [-0.39, 0.29) is 0 Å². The van der Waals surface area contributed by atoms with Crippen molar-refractivity contribution in [1.29, 1.82) is 0 Å². The number of aryl methyl sites for hydroxylation is 1. The third-order valence-electron chi connectivity index (χ3n) is 1.76. The Morgan fingerprint density at radius 2 is 2.31 bits per heavy atom. The Kier molecular flexibility index (Phi) is 4.08. The van der Waals surface area contributed by atoms with Crippen molar-refractivity contribution in [2.75, 3.05) is 7.11 Å². The molecule has 1 N–H and O–H groups in total. The lowest BCUT2D eigenvalue weighted by Gasteiger charge is -2.12. The first-order valence-electron chi connectivity index (χ1n) is 3.92. The van der Waals surface area contributed by atoms with Crippen LogP contribution in [0.15, 0.2) is 12.1 Å². The Morgan fingerprint density at radius 1 is 1.62 bits per heavy atom. The second-order valence-electron chi connectivity index (χ2n) is 2.71. The summed E-state index contributed by atoms with van der Waals surface area (Å²) < 4.78 is 5.60. The fraction of sp³-hybridized carbons (Fsp3) is 0.444. The molecule has 0 radical (unpaired) electrons. The van der Waals surface area contributed by atoms with Crippen LogP contribution in [0.2, 0.25) is 0 Å². The number of aromatic nitrogens is 1. The maximum absolute atomic E-state index is 9.47. The van der Waals surface area contributed by atoms with E-state index in [1.54, 1.807) is 0 Å². The van der Waals surface area contributed by atoms with Gasteiger partial charge in [0, 0.05) is 22.8 Å². The van der Waals surface area contributed by atoms with Crippen molar-refractivity contribution < 1.29 is 9.84 Å². The molecule has 1 atom stereocenters. The normalized spacial score (nSPS) is 12.9. The molecule has 4 heteroatoms. The third kappa shape index (κ3) is 2.62. The first-order valence-corrected chi connectivity index (χ1v) is 5.45. The molecule has 0 aliphatic heterocycles. The summed E-state index contributed by atoms with van der Waals surface area (Å²) in [7, 11) is 1.47. The van der Waals surface area contributed by atoms with Gasteiger partial charge in [-0.25, -0.2) is 0 Å². The van der Waals surface area contributed by atoms with Crippen LogP contribution in [0.5, 0.6) is 0 Å². The fourth-order valence-electron chi connectivity index (χ4n) is 1.08. The Labute approximate surface area is 91.3 Å². The lowest BCUT2D eigenvalue weighted by molar-refractivity contribution is -0.0775. The van der Waals surface area contributed by atoms with Crippen LogP contribution >= 0.6 is 22.6 Å². The molecule has 0 aliphatic carbocycles. The largest absolute Gasteiger partial charge is 0.364 e. The maximum Gasteiger partial charge on any atom is 0.182 e. The van der Waals surface area contributed by atoms with Crippen LogP contribution < -0.4 is 0 Å². The van der Waals surface area contributed by atoms with Crippen LogP contribution in [0, 0.1) is 6.92 Å². The third-order valence-corrected chi connectivity index (χ3v) is 2.49. The Morgan fingerprint density at radius 3 is 2.85 bits per heavy atom. The lowest BCUT2D eigenvalue weighted by atomic mass is 10.2. The monoisotopic (exact) mass is 293 g/mol. The molecule has 1 heterocycles. The summed E-state index contributed by atoms with van der Waals surface area (Å²) in [5.41, 5.74) is 2.59. The van der Waals surface area contributed by atoms with Crippen molar-refractivity contribution in [1.82, 2.24) is 4.98 Å². The number of hydrogen-bond acceptors (Lipinski definition) is 3. The molecule has 0 bridgehead atoms. The Bertz CT molecular complexity index is 291. The minimum absolute atomic E-state index is 0.752. The van der Waals surface area contributed by atoms with Crippen LogP contribution in [-0.2, 0) is 9.16 Å². The smallest absolute Gasteiger partial charge is 0.182 e. The first kappa shape index (κ1) is 10.9. The molecule has 3 nitrogen and oxygen atoms in total. The SMILES string of the molecule is CO[C@H](O)c1ccc(C)nc1CI. The standard InChI is InChI=1S/C9H12INO2/c1-6-3-4-7(9(12)13-2)8(5-10)11-6/h3-4,9,12H,5H2,1-2H3/t9-/m0/s1. The zero-order valence-electron chi connectivity index (χ0n) is 7.62. The number of aliphatic hydroxyl groups excluding tert-OH is 1. The van der Waals surface area contributed by atoms with Gasteiger partial charge in [-0.15, -0.1) is 0 Å². The number of halogens is 1. The van der Waals surface area contributed by atoms with E-state index in [2.05, 4.69) is 27.6 Å². The molecule has 0 fully saturated rings. The van der Waals surface area contributed by atoms with E-state index in [0.29, 0.717) is 0 Å². The van der Waals surface area contributed by atoms with Crippen LogP contribution in [0.3, 0.4) is 0 Å². The van der Waals surface area contributed by atoms with E-state index in [1.165, 1.54) is 7.11 Å². The molecule has 1 aromatic rings. The summed E-state index contributed by atoms with van der Waals surface area (Å²) in [5, 5.41) is 9.47. The van der Waals surface area contributed by atoms with E-state index in [1.807, 2.05) is 19.1 Å². The van der Waals surface area contributed by atoms with Crippen molar-refractivity contribution in [2.45, 2.75) is 17.6 Å². The van der Waals surface area contributed by atoms with Gasteiger partial charge in [-0.05, 0) is 13.0 Å². The van der Waals surface area contributed by atoms with Gasteiger partial charge in [0.2, 0.25) is 0 Å². The Hall–Kier alpha value is -0.200. The van der Waals surface area contributed by atoms with Gasteiger partial charge in [0.05, 0.1) is 5.69 Å². The molecule has 1 rings (SSSR count). The average molecular weight is 293 g/mol. The van der Waals surface area contributed by atoms with E-state index in [0.717, 1.165) is 21.4 Å². The molecular weight excluding hydrogens is 281 g/mol. The van der Waals surface area contributed by atoms with Gasteiger partial charge < -0.3 is 9.84 Å². The maximum atomic E-state index is 9.47. The molecule has 0 amide bonds. The van der Waals surface area contributed by atoms with E-state index < -0.39 is 6.29 Å². The van der Waals surface area contributed by atoms with Gasteiger partial charge in [0.15, 0.2) is 6.29 Å². The second-order valence-corrected chi connectivity index (χ2v) is 3.47. The molecule has 0 unspecified atom stereocenters. The van der Waals surface area contributed by atoms with E-state index in [9.17, 15) is 5.11 Å². The molecule has 13 heavy (non-hydrogen) atoms.